The van der Waals surface area contributed by atoms with Crippen LogP contribution in [0.5, 0.6) is 0 Å². The first-order valence-electron chi connectivity index (χ1n) is 6.82. The second-order valence-electron chi connectivity index (χ2n) is 4.92. The summed E-state index contributed by atoms with van der Waals surface area (Å²) in [5, 5.41) is 9.57. The molecule has 1 aliphatic rings. The lowest BCUT2D eigenvalue weighted by molar-refractivity contribution is -0.113. The van der Waals surface area contributed by atoms with Crippen LogP contribution in [0.2, 0.25) is 5.02 Å². The van der Waals surface area contributed by atoms with Gasteiger partial charge in [-0.2, -0.15) is 0 Å². The SMILES string of the molecule is O=C(O)c1ccc(N2C(=O)/C(=C\c3ccc(Cl)cc3)SC2=S)cc1. The standard InChI is InChI=1S/C17H10ClNO3S2/c18-12-5-1-10(2-6-12)9-14-15(20)19(17(23)24-14)13-7-3-11(4-8-13)16(21)22/h1-9H,(H,21,22)/b14-9+. The molecule has 2 aromatic carbocycles. The molecule has 0 radical (unpaired) electrons. The van der Waals surface area contributed by atoms with Crippen LogP contribution in [0.1, 0.15) is 15.9 Å². The average molecular weight is 376 g/mol. The normalized spacial score (nSPS) is 16.0. The fraction of sp³-hybridized carbons (Fsp3) is 0. The summed E-state index contributed by atoms with van der Waals surface area (Å²) >= 11 is 12.3. The number of hydrogen-bond acceptors (Lipinski definition) is 4. The zero-order valence-corrected chi connectivity index (χ0v) is 14.5. The Morgan fingerprint density at radius 1 is 1.12 bits per heavy atom. The number of halogens is 1. The summed E-state index contributed by atoms with van der Waals surface area (Å²) in [4.78, 5) is 25.4. The van der Waals surface area contributed by atoms with E-state index in [-0.39, 0.29) is 11.5 Å². The van der Waals surface area contributed by atoms with Gasteiger partial charge in [-0.05, 0) is 48.0 Å². The summed E-state index contributed by atoms with van der Waals surface area (Å²) in [6, 6.07) is 13.2. The molecule has 0 bridgehead atoms. The summed E-state index contributed by atoms with van der Waals surface area (Å²) in [5.41, 5.74) is 1.55. The van der Waals surface area contributed by atoms with Crippen molar-refractivity contribution >= 4 is 63.5 Å². The van der Waals surface area contributed by atoms with Gasteiger partial charge in [0.15, 0.2) is 4.32 Å². The van der Waals surface area contributed by atoms with E-state index in [0.717, 1.165) is 5.56 Å². The highest BCUT2D eigenvalue weighted by molar-refractivity contribution is 8.27. The van der Waals surface area contributed by atoms with E-state index in [0.29, 0.717) is 19.9 Å². The Kier molecular flexibility index (Phi) is 4.71. The van der Waals surface area contributed by atoms with Crippen LogP contribution in [0.4, 0.5) is 5.69 Å². The van der Waals surface area contributed by atoms with Gasteiger partial charge < -0.3 is 5.11 Å². The quantitative estimate of drug-likeness (QED) is 0.634. The average Bonchev–Trinajstić information content (AvgIpc) is 2.83. The maximum Gasteiger partial charge on any atom is 0.335 e. The Balaban J connectivity index is 1.88. The first kappa shape index (κ1) is 16.7. The van der Waals surface area contributed by atoms with Gasteiger partial charge in [-0.25, -0.2) is 4.79 Å². The number of carbonyl (C=O) groups is 2. The molecular formula is C17H10ClNO3S2. The number of carbonyl (C=O) groups excluding carboxylic acids is 1. The van der Waals surface area contributed by atoms with Crippen molar-refractivity contribution in [1.82, 2.24) is 0 Å². The third-order valence-corrected chi connectivity index (χ3v) is 4.89. The number of carboxylic acid groups (broad SMARTS) is 1. The van der Waals surface area contributed by atoms with Gasteiger partial charge in [0.05, 0.1) is 16.2 Å². The molecular weight excluding hydrogens is 366 g/mol. The molecule has 1 amide bonds. The Morgan fingerprint density at radius 2 is 1.75 bits per heavy atom. The monoisotopic (exact) mass is 375 g/mol. The number of thiocarbonyl (C=S) groups is 1. The maximum absolute atomic E-state index is 12.6. The van der Waals surface area contributed by atoms with Crippen LogP contribution in [0.3, 0.4) is 0 Å². The number of amides is 1. The highest BCUT2D eigenvalue weighted by atomic mass is 35.5. The molecule has 0 atom stereocenters. The van der Waals surface area contributed by atoms with Crippen molar-refractivity contribution in [3.63, 3.8) is 0 Å². The fourth-order valence-corrected chi connectivity index (χ4v) is 3.58. The number of aromatic carboxylic acids is 1. The summed E-state index contributed by atoms with van der Waals surface area (Å²) in [6.07, 6.45) is 1.75. The number of nitrogens with zero attached hydrogens (tertiary/aromatic N) is 1. The number of thioether (sulfide) groups is 1. The van der Waals surface area contributed by atoms with Crippen LogP contribution in [-0.4, -0.2) is 21.3 Å². The van der Waals surface area contributed by atoms with E-state index < -0.39 is 5.97 Å². The second kappa shape index (κ2) is 6.76. The smallest absolute Gasteiger partial charge is 0.335 e. The van der Waals surface area contributed by atoms with E-state index in [1.165, 1.54) is 28.8 Å². The van der Waals surface area contributed by atoms with E-state index in [1.807, 2.05) is 12.1 Å². The van der Waals surface area contributed by atoms with E-state index in [1.54, 1.807) is 30.3 Å². The number of rotatable bonds is 3. The van der Waals surface area contributed by atoms with Gasteiger partial charge in [-0.3, -0.25) is 9.69 Å². The molecule has 1 heterocycles. The van der Waals surface area contributed by atoms with Crippen molar-refractivity contribution < 1.29 is 14.7 Å². The van der Waals surface area contributed by atoms with Crippen molar-refractivity contribution in [2.24, 2.45) is 0 Å². The highest BCUT2D eigenvalue weighted by Gasteiger charge is 2.33. The minimum Gasteiger partial charge on any atom is -0.478 e. The minimum absolute atomic E-state index is 0.154. The van der Waals surface area contributed by atoms with Crippen molar-refractivity contribution in [1.29, 1.82) is 0 Å². The molecule has 120 valence electrons. The zero-order valence-electron chi connectivity index (χ0n) is 12.1. The van der Waals surface area contributed by atoms with Gasteiger partial charge in [0.2, 0.25) is 0 Å². The molecule has 0 unspecified atom stereocenters. The Hall–Kier alpha value is -2.15. The van der Waals surface area contributed by atoms with Crippen LogP contribution < -0.4 is 4.90 Å². The largest absolute Gasteiger partial charge is 0.478 e. The summed E-state index contributed by atoms with van der Waals surface area (Å²) in [5.74, 6) is -1.25. The molecule has 1 N–H and O–H groups in total. The number of carboxylic acids is 1. The van der Waals surface area contributed by atoms with E-state index in [2.05, 4.69) is 0 Å². The minimum atomic E-state index is -1.02. The van der Waals surface area contributed by atoms with Gasteiger partial charge in [-0.1, -0.05) is 47.7 Å². The van der Waals surface area contributed by atoms with Gasteiger partial charge >= 0.3 is 5.97 Å². The molecule has 4 nitrogen and oxygen atoms in total. The Bertz CT molecular complexity index is 860. The molecule has 1 aliphatic heterocycles. The third-order valence-electron chi connectivity index (χ3n) is 3.33. The van der Waals surface area contributed by atoms with Crippen molar-refractivity contribution in [3.8, 4) is 0 Å². The van der Waals surface area contributed by atoms with Gasteiger partial charge in [0.25, 0.3) is 5.91 Å². The molecule has 3 rings (SSSR count). The lowest BCUT2D eigenvalue weighted by Gasteiger charge is -2.14. The van der Waals surface area contributed by atoms with E-state index in [4.69, 9.17) is 28.9 Å². The number of hydrogen-bond donors (Lipinski definition) is 1. The topological polar surface area (TPSA) is 57.6 Å². The molecule has 2 aromatic rings. The molecule has 0 aromatic heterocycles. The molecule has 1 saturated heterocycles. The summed E-state index contributed by atoms with van der Waals surface area (Å²) in [6.45, 7) is 0. The Labute approximate surface area is 152 Å². The summed E-state index contributed by atoms with van der Waals surface area (Å²) in [7, 11) is 0. The lowest BCUT2D eigenvalue weighted by Crippen LogP contribution is -2.27. The third kappa shape index (κ3) is 3.36. The first-order valence-corrected chi connectivity index (χ1v) is 8.43. The van der Waals surface area contributed by atoms with Crippen molar-refractivity contribution in [2.75, 3.05) is 4.90 Å². The molecule has 0 spiro atoms. The van der Waals surface area contributed by atoms with Crippen LogP contribution in [0, 0.1) is 0 Å². The predicted octanol–water partition coefficient (Wildman–Crippen LogP) is 4.44. The van der Waals surface area contributed by atoms with Gasteiger partial charge in [-0.15, -0.1) is 0 Å². The van der Waals surface area contributed by atoms with Crippen molar-refractivity contribution in [3.05, 3.63) is 69.6 Å². The molecule has 0 saturated carbocycles. The Morgan fingerprint density at radius 3 is 2.33 bits per heavy atom. The van der Waals surface area contributed by atoms with E-state index >= 15 is 0 Å². The number of benzene rings is 2. The second-order valence-corrected chi connectivity index (χ2v) is 7.03. The van der Waals surface area contributed by atoms with Crippen molar-refractivity contribution in [2.45, 2.75) is 0 Å². The van der Waals surface area contributed by atoms with Gasteiger partial charge in [0.1, 0.15) is 0 Å². The molecule has 7 heteroatoms. The van der Waals surface area contributed by atoms with Crippen LogP contribution in [-0.2, 0) is 4.79 Å². The molecule has 0 aliphatic carbocycles. The zero-order chi connectivity index (χ0) is 17.3. The first-order chi connectivity index (χ1) is 11.5. The molecule has 24 heavy (non-hydrogen) atoms. The van der Waals surface area contributed by atoms with Crippen LogP contribution in [0.25, 0.3) is 6.08 Å². The number of anilines is 1. The lowest BCUT2D eigenvalue weighted by atomic mass is 10.2. The van der Waals surface area contributed by atoms with Crippen LogP contribution in [0.15, 0.2) is 53.4 Å². The van der Waals surface area contributed by atoms with Gasteiger partial charge in [0, 0.05) is 5.02 Å². The fourth-order valence-electron chi connectivity index (χ4n) is 2.15. The summed E-state index contributed by atoms with van der Waals surface area (Å²) < 4.78 is 0.406. The van der Waals surface area contributed by atoms with Crippen LogP contribution >= 0.6 is 35.6 Å². The highest BCUT2D eigenvalue weighted by Crippen LogP contribution is 2.36. The molecule has 1 fully saturated rings. The predicted molar refractivity (Wildman–Crippen MR) is 101 cm³/mol. The van der Waals surface area contributed by atoms with E-state index in [9.17, 15) is 9.59 Å². The maximum atomic E-state index is 12.6.